The topological polar surface area (TPSA) is 645 Å². The summed E-state index contributed by atoms with van der Waals surface area (Å²) >= 11 is 0. The summed E-state index contributed by atoms with van der Waals surface area (Å²) in [5.74, 6) is -14.3. The number of aromatic amines is 1. The van der Waals surface area contributed by atoms with Crippen LogP contribution in [0.25, 0.3) is 11.2 Å². The minimum Gasteiger partial charge on any atom is -0.493 e. The largest absolute Gasteiger partial charge is 0.493 e. The van der Waals surface area contributed by atoms with E-state index in [9.17, 15) is 87.5 Å². The lowest BCUT2D eigenvalue weighted by atomic mass is 10.1. The number of H-pyrrole nitrogens is 1. The number of anilines is 3. The Morgan fingerprint density at radius 1 is 0.726 bits per heavy atom. The van der Waals surface area contributed by atoms with Crippen molar-refractivity contribution in [2.45, 2.75) is 151 Å². The zero-order valence-corrected chi connectivity index (χ0v) is 69.8. The molecular formula is C78H98N20O24S2. The first-order valence-corrected chi connectivity index (χ1v) is 41.1. The molecule has 3 aliphatic heterocycles. The number of hydrogen-bond donors (Lipinski definition) is 17. The molecule has 1 unspecified atom stereocenters. The molecule has 3 aliphatic rings. The number of guanidine groups is 1. The van der Waals surface area contributed by atoms with Crippen molar-refractivity contribution in [3.63, 3.8) is 0 Å². The number of nitrogens with zero attached hydrogens (tertiary/aromatic N) is 7. The Kier molecular flexibility index (Phi) is 35.7. The monoisotopic (exact) mass is 1760 g/mol. The van der Waals surface area contributed by atoms with Crippen LogP contribution < -0.4 is 83.8 Å². The summed E-state index contributed by atoms with van der Waals surface area (Å²) < 4.78 is 29.2. The van der Waals surface area contributed by atoms with E-state index in [1.807, 2.05) is 5.32 Å². The first-order chi connectivity index (χ1) is 59.1. The SMILES string of the molecule is C=C1C[C@H]2C=Nc3cc(OCCCCCOc4cc(NC(=O)OCC(C)SSC[C@H](NC(=O)[C@H](CC(=O)O)NC(=O)[C@H](CC(=O)O)NC(=O)[C@H](CCCNC(=N)N)NC(=O)[C@H](CC(=O)O)NC(=O)CC[C@@H](C)NC(=O)c5ccc(NCc6cnc7nc(N)[nH]c(=O)c7n6)cc5)C(=O)O)c(C(=O)N5CC(=C)C[C@H]5/C=N/OC)cc4OC)c(OC)cc3C(=O)N2C1. The number of benzene rings is 3. The Bertz CT molecular complexity index is 4960. The maximum Gasteiger partial charge on any atom is 0.411 e. The number of hydrogen-bond acceptors (Lipinski definition) is 30. The molecule has 0 aliphatic carbocycles. The molecule has 0 spiro atoms. The van der Waals surface area contributed by atoms with Crippen LogP contribution in [0.4, 0.5) is 27.8 Å². The first-order valence-electron chi connectivity index (χ1n) is 38.7. The predicted octanol–water partition coefficient (Wildman–Crippen LogP) is 2.56. The Labute approximate surface area is 716 Å². The number of carboxylic acid groups (broad SMARTS) is 4. The Morgan fingerprint density at radius 2 is 1.33 bits per heavy atom. The van der Waals surface area contributed by atoms with Gasteiger partial charge in [0.05, 0.1) is 106 Å². The highest BCUT2D eigenvalue weighted by Crippen LogP contribution is 2.40. The minimum absolute atomic E-state index is 0.0127. The number of aliphatic carboxylic acids is 4. The number of carbonyl (C=O) groups excluding carboxylic acids is 9. The van der Waals surface area contributed by atoms with E-state index < -0.39 is 162 Å². The van der Waals surface area contributed by atoms with Gasteiger partial charge < -0.3 is 113 Å². The molecule has 3 aromatic carbocycles. The number of unbranched alkanes of at least 4 members (excludes halogenated alkanes) is 2. The fourth-order valence-electron chi connectivity index (χ4n) is 12.7. The molecule has 666 valence electrons. The number of likely N-dealkylation sites (tertiary alicyclic amines) is 1. The van der Waals surface area contributed by atoms with Crippen LogP contribution in [-0.4, -0.2) is 266 Å². The summed E-state index contributed by atoms with van der Waals surface area (Å²) in [5, 5.41) is 72.5. The molecule has 124 heavy (non-hydrogen) atoms. The summed E-state index contributed by atoms with van der Waals surface area (Å²) in [6.07, 6.45) is 1.81. The molecule has 5 heterocycles. The van der Waals surface area contributed by atoms with Crippen LogP contribution in [0, 0.1) is 5.41 Å². The molecule has 46 heteroatoms. The van der Waals surface area contributed by atoms with Gasteiger partial charge in [-0.15, -0.1) is 0 Å². The van der Waals surface area contributed by atoms with Gasteiger partial charge in [0, 0.05) is 72.7 Å². The van der Waals surface area contributed by atoms with Gasteiger partial charge in [-0.25, -0.2) is 19.6 Å². The van der Waals surface area contributed by atoms with Crippen molar-refractivity contribution in [1.29, 1.82) is 5.41 Å². The third-order valence-corrected chi connectivity index (χ3v) is 21.8. The van der Waals surface area contributed by atoms with Gasteiger partial charge in [0.2, 0.25) is 35.5 Å². The molecule has 0 bridgehead atoms. The number of oxime groups is 1. The van der Waals surface area contributed by atoms with E-state index in [0.717, 1.165) is 27.2 Å². The molecule has 2 aromatic heterocycles. The van der Waals surface area contributed by atoms with Crippen molar-refractivity contribution in [2.24, 2.45) is 15.9 Å². The molecule has 8 rings (SSSR count). The van der Waals surface area contributed by atoms with Crippen LogP contribution in [-0.2, 0) is 59.3 Å². The molecule has 9 atom stereocenters. The lowest BCUT2D eigenvalue weighted by Gasteiger charge is -2.26. The number of nitrogens with two attached hydrogens (primary N) is 2. The number of amides is 9. The van der Waals surface area contributed by atoms with Gasteiger partial charge >= 0.3 is 30.0 Å². The number of ether oxygens (including phenoxy) is 5. The van der Waals surface area contributed by atoms with E-state index in [0.29, 0.717) is 78.4 Å². The van der Waals surface area contributed by atoms with E-state index in [2.05, 4.69) is 85.8 Å². The van der Waals surface area contributed by atoms with Crippen LogP contribution in [0.3, 0.4) is 0 Å². The number of rotatable bonds is 48. The van der Waals surface area contributed by atoms with Crippen molar-refractivity contribution < 1.29 is 111 Å². The Hall–Kier alpha value is -13.8. The van der Waals surface area contributed by atoms with E-state index in [-0.39, 0.29) is 116 Å². The van der Waals surface area contributed by atoms with Crippen molar-refractivity contribution in [3.8, 4) is 23.0 Å². The Balaban J connectivity index is 0.830. The molecule has 5 aromatic rings. The van der Waals surface area contributed by atoms with E-state index >= 15 is 0 Å². The van der Waals surface area contributed by atoms with Crippen LogP contribution in [0.1, 0.15) is 128 Å². The van der Waals surface area contributed by atoms with Gasteiger partial charge in [-0.3, -0.25) is 78.2 Å². The average Bonchev–Trinajstić information content (AvgIpc) is 1.61. The fourth-order valence-corrected chi connectivity index (χ4v) is 15.0. The molecular weight excluding hydrogens is 1670 g/mol. The summed E-state index contributed by atoms with van der Waals surface area (Å²) in [6, 6.07) is 1.10. The number of methoxy groups -OCH3 is 2. The van der Waals surface area contributed by atoms with Gasteiger partial charge in [0.15, 0.2) is 40.1 Å². The van der Waals surface area contributed by atoms with Crippen LogP contribution in [0.15, 0.2) is 94.0 Å². The average molecular weight is 1760 g/mol. The normalized spacial score (nSPS) is 15.6. The molecule has 0 radical (unpaired) electrons. The van der Waals surface area contributed by atoms with Crippen LogP contribution in [0.5, 0.6) is 23.0 Å². The van der Waals surface area contributed by atoms with E-state index in [1.54, 1.807) is 49.2 Å². The molecule has 2 fully saturated rings. The second-order valence-electron chi connectivity index (χ2n) is 28.7. The summed E-state index contributed by atoms with van der Waals surface area (Å²) in [4.78, 5) is 213. The van der Waals surface area contributed by atoms with Crippen molar-refractivity contribution >= 4 is 151 Å². The van der Waals surface area contributed by atoms with Gasteiger partial charge in [0.25, 0.3) is 23.3 Å². The highest BCUT2D eigenvalue weighted by molar-refractivity contribution is 8.77. The van der Waals surface area contributed by atoms with Crippen LogP contribution in [0.2, 0.25) is 0 Å². The molecule has 44 nitrogen and oxygen atoms in total. The third-order valence-electron chi connectivity index (χ3n) is 18.9. The molecule has 9 amide bonds. The standard InChI is InChI=1S/C78H98N20O24S2/c1-39-22-46-33-84-51-26-59(57(117-5)24-48(51)73(112)97(46)35-39)120-20-9-8-10-21-121-60-27-52(49(25-58(60)118-6)74(113)98-36-40(2)23-47(98)34-86-119-7)94-78(116)122-37-42(4)124-123-38-56(75(114)115)93-71(110)55(30-64(104)105)92-70(109)54(29-63(102)103)91-68(107)50(12-11-19-82-76(79)80)90-69(108)53(28-62(100)101)89-61(99)18-13-41(3)87-67(106)43-14-16-44(17-15-43)83-31-45-32-85-66-65(88-45)72(111)96-77(81)95-66/h14-17,24-27,32-34,41-42,46-47,50,53-56,83H,1-2,8-13,18-23,28-31,35-38H2,3-7H3,(H,87,106)(H,89,99)(H,90,108)(H,91,107)(H,92,109)(H,93,110)(H,94,116)(H,100,101)(H,102,103)(H,104,105)(H,114,115)(H4,79,80,82)(H3,81,85,95,96,111)/b86-34+/t41-,42?,46+,47+,50+,53+,54+,55+,56+/m1/s1. The number of aliphatic imine (C=N–C) groups is 1. The van der Waals surface area contributed by atoms with Crippen molar-refractivity contribution in [2.75, 3.05) is 82.9 Å². The molecule has 19 N–H and O–H groups in total. The Morgan fingerprint density at radius 3 is 1.95 bits per heavy atom. The second kappa shape index (κ2) is 46.3. The van der Waals surface area contributed by atoms with E-state index in [4.69, 9.17) is 45.4 Å². The number of aromatic nitrogens is 4. The summed E-state index contributed by atoms with van der Waals surface area (Å²) in [5.41, 5.74) is 14.1. The van der Waals surface area contributed by atoms with Crippen molar-refractivity contribution in [3.05, 3.63) is 112 Å². The number of nitrogen functional groups attached to an aromatic ring is 1. The van der Waals surface area contributed by atoms with E-state index in [1.165, 1.54) is 62.9 Å². The van der Waals surface area contributed by atoms with Crippen LogP contribution >= 0.6 is 21.6 Å². The quantitative estimate of drug-likeness (QED) is 0.00664. The summed E-state index contributed by atoms with van der Waals surface area (Å²) in [6.45, 7) is 11.9. The second-order valence-corrected chi connectivity index (χ2v) is 31.5. The minimum atomic E-state index is -2.17. The number of fused-ring (bicyclic) bond motifs is 3. The zero-order chi connectivity index (χ0) is 90.4. The van der Waals surface area contributed by atoms with Gasteiger partial charge in [-0.1, -0.05) is 51.0 Å². The lowest BCUT2D eigenvalue weighted by Crippen LogP contribution is -2.59. The molecule has 2 saturated heterocycles. The number of nitrogens with one attached hydrogen (secondary N) is 11. The third kappa shape index (κ3) is 28.7. The fraction of sp³-hybridized carbons (Fsp3) is 0.436. The predicted molar refractivity (Wildman–Crippen MR) is 452 cm³/mol. The van der Waals surface area contributed by atoms with Gasteiger partial charge in [-0.2, -0.15) is 4.98 Å². The maximum atomic E-state index is 14.5. The van der Waals surface area contributed by atoms with Gasteiger partial charge in [-0.05, 0) is 102 Å². The highest BCUT2D eigenvalue weighted by Gasteiger charge is 2.39. The smallest absolute Gasteiger partial charge is 0.411 e. The number of carbonyl (C=O) groups is 13. The number of carboxylic acids is 4. The zero-order valence-electron chi connectivity index (χ0n) is 68.2. The maximum absolute atomic E-state index is 14.5. The first kappa shape index (κ1) is 95.6. The molecule has 0 saturated carbocycles. The highest BCUT2D eigenvalue weighted by atomic mass is 33.1. The lowest BCUT2D eigenvalue weighted by molar-refractivity contribution is -0.144. The van der Waals surface area contributed by atoms with Gasteiger partial charge in [0.1, 0.15) is 43.9 Å². The summed E-state index contributed by atoms with van der Waals surface area (Å²) in [7, 11) is 6.05. The van der Waals surface area contributed by atoms with Crippen molar-refractivity contribution in [1.82, 2.24) is 67.0 Å².